The lowest BCUT2D eigenvalue weighted by Gasteiger charge is -2.07. The highest BCUT2D eigenvalue weighted by atomic mass is 35.5. The predicted octanol–water partition coefficient (Wildman–Crippen LogP) is 3.19. The smallest absolute Gasteiger partial charge is 0.341 e. The summed E-state index contributed by atoms with van der Waals surface area (Å²) in [5.41, 5.74) is 0.145. The van der Waals surface area contributed by atoms with Gasteiger partial charge in [-0.15, -0.1) is 11.8 Å². The number of rotatable bonds is 8. The summed E-state index contributed by atoms with van der Waals surface area (Å²) in [6.45, 7) is 0.194. The second kappa shape index (κ2) is 9.95. The molecule has 1 heterocycles. The molecular formula is C17H17ClN2O3S. The summed E-state index contributed by atoms with van der Waals surface area (Å²) in [6, 6.07) is 13.1. The van der Waals surface area contributed by atoms with Crippen LogP contribution in [0.2, 0.25) is 5.15 Å². The molecule has 24 heavy (non-hydrogen) atoms. The van der Waals surface area contributed by atoms with Crippen LogP contribution in [0, 0.1) is 0 Å². The largest absolute Gasteiger partial charge is 0.452 e. The minimum Gasteiger partial charge on any atom is -0.452 e. The SMILES string of the molecule is O=C(COC(=O)c1cccnc1Cl)NCCCSc1ccccc1. The van der Waals surface area contributed by atoms with E-state index in [1.165, 1.54) is 17.2 Å². The molecule has 0 aliphatic heterocycles. The molecule has 0 aliphatic carbocycles. The Labute approximate surface area is 149 Å². The fraction of sp³-hybridized carbons (Fsp3) is 0.235. The van der Waals surface area contributed by atoms with E-state index in [1.807, 2.05) is 30.3 Å². The second-order valence-electron chi connectivity index (χ2n) is 4.78. The molecule has 0 aliphatic rings. The van der Waals surface area contributed by atoms with Crippen LogP contribution in [0.15, 0.2) is 53.6 Å². The third kappa shape index (κ3) is 6.22. The minimum absolute atomic E-state index is 0.0563. The molecule has 7 heteroatoms. The summed E-state index contributed by atoms with van der Waals surface area (Å²) in [5, 5.41) is 2.77. The van der Waals surface area contributed by atoms with E-state index in [9.17, 15) is 9.59 Å². The molecule has 0 bridgehead atoms. The Balaban J connectivity index is 1.60. The third-order valence-corrected chi connectivity index (χ3v) is 4.37. The van der Waals surface area contributed by atoms with Crippen LogP contribution in [0.1, 0.15) is 16.8 Å². The Bertz CT molecular complexity index is 683. The molecule has 126 valence electrons. The molecule has 0 fully saturated rings. The maximum absolute atomic E-state index is 11.8. The molecule has 0 saturated carbocycles. The van der Waals surface area contributed by atoms with Crippen LogP contribution in [-0.4, -0.2) is 35.8 Å². The molecule has 2 rings (SSSR count). The van der Waals surface area contributed by atoms with E-state index in [2.05, 4.69) is 10.3 Å². The highest BCUT2D eigenvalue weighted by molar-refractivity contribution is 7.99. The summed E-state index contributed by atoms with van der Waals surface area (Å²) >= 11 is 7.52. The van der Waals surface area contributed by atoms with Gasteiger partial charge < -0.3 is 10.1 Å². The molecule has 1 amide bonds. The van der Waals surface area contributed by atoms with Crippen molar-refractivity contribution in [1.82, 2.24) is 10.3 Å². The number of carbonyl (C=O) groups excluding carboxylic acids is 2. The lowest BCUT2D eigenvalue weighted by Crippen LogP contribution is -2.29. The van der Waals surface area contributed by atoms with Gasteiger partial charge in [0.2, 0.25) is 0 Å². The van der Waals surface area contributed by atoms with Crippen LogP contribution in [0.4, 0.5) is 0 Å². The van der Waals surface area contributed by atoms with E-state index in [0.717, 1.165) is 12.2 Å². The van der Waals surface area contributed by atoms with E-state index in [0.29, 0.717) is 6.54 Å². The van der Waals surface area contributed by atoms with E-state index in [1.54, 1.807) is 17.8 Å². The summed E-state index contributed by atoms with van der Waals surface area (Å²) in [5.74, 6) is -0.106. The summed E-state index contributed by atoms with van der Waals surface area (Å²) in [7, 11) is 0. The quantitative estimate of drug-likeness (QED) is 0.337. The Hall–Kier alpha value is -2.05. The first-order valence-corrected chi connectivity index (χ1v) is 8.75. The van der Waals surface area contributed by atoms with Crippen LogP contribution >= 0.6 is 23.4 Å². The van der Waals surface area contributed by atoms with Gasteiger partial charge in [0.1, 0.15) is 5.15 Å². The van der Waals surface area contributed by atoms with Crippen molar-refractivity contribution in [2.75, 3.05) is 18.9 Å². The van der Waals surface area contributed by atoms with Gasteiger partial charge in [0.05, 0.1) is 5.56 Å². The molecule has 0 spiro atoms. The van der Waals surface area contributed by atoms with Gasteiger partial charge in [0.15, 0.2) is 6.61 Å². The topological polar surface area (TPSA) is 68.3 Å². The Kier molecular flexibility index (Phi) is 7.58. The fourth-order valence-electron chi connectivity index (χ4n) is 1.80. The predicted molar refractivity (Wildman–Crippen MR) is 94.3 cm³/mol. The van der Waals surface area contributed by atoms with Gasteiger partial charge >= 0.3 is 5.97 Å². The highest BCUT2D eigenvalue weighted by Gasteiger charge is 2.13. The van der Waals surface area contributed by atoms with E-state index in [4.69, 9.17) is 16.3 Å². The van der Waals surface area contributed by atoms with Gasteiger partial charge in [-0.2, -0.15) is 0 Å². The lowest BCUT2D eigenvalue weighted by molar-refractivity contribution is -0.124. The van der Waals surface area contributed by atoms with Crippen LogP contribution in [0.5, 0.6) is 0 Å². The highest BCUT2D eigenvalue weighted by Crippen LogP contribution is 2.17. The Morgan fingerprint density at radius 2 is 1.96 bits per heavy atom. The number of hydrogen-bond acceptors (Lipinski definition) is 5. The first kappa shape index (κ1) is 18.3. The van der Waals surface area contributed by atoms with Crippen LogP contribution < -0.4 is 5.32 Å². The number of ether oxygens (including phenoxy) is 1. The number of nitrogens with zero attached hydrogens (tertiary/aromatic N) is 1. The normalized spacial score (nSPS) is 10.2. The molecule has 1 aromatic carbocycles. The van der Waals surface area contributed by atoms with E-state index < -0.39 is 5.97 Å². The van der Waals surface area contributed by atoms with Crippen molar-refractivity contribution in [3.05, 3.63) is 59.4 Å². The lowest BCUT2D eigenvalue weighted by atomic mass is 10.3. The van der Waals surface area contributed by atoms with Gasteiger partial charge in [0.25, 0.3) is 5.91 Å². The number of hydrogen-bond donors (Lipinski definition) is 1. The summed E-state index contributed by atoms with van der Waals surface area (Å²) < 4.78 is 4.92. The molecule has 0 radical (unpaired) electrons. The molecule has 1 aromatic heterocycles. The summed E-state index contributed by atoms with van der Waals surface area (Å²) in [6.07, 6.45) is 2.30. The maximum atomic E-state index is 11.8. The molecule has 5 nitrogen and oxygen atoms in total. The number of benzene rings is 1. The van der Waals surface area contributed by atoms with Crippen LogP contribution in [-0.2, 0) is 9.53 Å². The van der Waals surface area contributed by atoms with E-state index >= 15 is 0 Å². The monoisotopic (exact) mass is 364 g/mol. The van der Waals surface area contributed by atoms with Crippen LogP contribution in [0.25, 0.3) is 0 Å². The zero-order chi connectivity index (χ0) is 17.2. The van der Waals surface area contributed by atoms with Gasteiger partial charge in [0, 0.05) is 17.6 Å². The van der Waals surface area contributed by atoms with Crippen molar-refractivity contribution in [2.24, 2.45) is 0 Å². The Morgan fingerprint density at radius 3 is 2.71 bits per heavy atom. The third-order valence-electron chi connectivity index (χ3n) is 2.97. The average molecular weight is 365 g/mol. The van der Waals surface area contributed by atoms with Gasteiger partial charge in [-0.05, 0) is 36.4 Å². The van der Waals surface area contributed by atoms with Gasteiger partial charge in [-0.1, -0.05) is 29.8 Å². The number of esters is 1. The minimum atomic E-state index is -0.664. The number of halogens is 1. The van der Waals surface area contributed by atoms with Crippen molar-refractivity contribution in [3.63, 3.8) is 0 Å². The van der Waals surface area contributed by atoms with Gasteiger partial charge in [-0.3, -0.25) is 4.79 Å². The number of amides is 1. The molecule has 1 N–H and O–H groups in total. The molecule has 2 aromatic rings. The first-order valence-electron chi connectivity index (χ1n) is 7.39. The molecular weight excluding hydrogens is 348 g/mol. The average Bonchev–Trinajstić information content (AvgIpc) is 2.60. The standard InChI is InChI=1S/C17H17ClN2O3S/c18-16-14(8-4-9-20-16)17(22)23-12-15(21)19-10-5-11-24-13-6-2-1-3-7-13/h1-4,6-9H,5,10-12H2,(H,19,21). The summed E-state index contributed by atoms with van der Waals surface area (Å²) in [4.78, 5) is 28.4. The number of thioether (sulfide) groups is 1. The number of aromatic nitrogens is 1. The number of nitrogens with one attached hydrogen (secondary N) is 1. The molecule has 0 saturated heterocycles. The van der Waals surface area contributed by atoms with Crippen molar-refractivity contribution in [1.29, 1.82) is 0 Å². The fourth-order valence-corrected chi connectivity index (χ4v) is 2.88. The van der Waals surface area contributed by atoms with Gasteiger partial charge in [-0.25, -0.2) is 9.78 Å². The maximum Gasteiger partial charge on any atom is 0.341 e. The van der Waals surface area contributed by atoms with E-state index in [-0.39, 0.29) is 23.2 Å². The van der Waals surface area contributed by atoms with Crippen LogP contribution in [0.3, 0.4) is 0 Å². The Morgan fingerprint density at radius 1 is 1.17 bits per heavy atom. The number of pyridine rings is 1. The zero-order valence-electron chi connectivity index (χ0n) is 12.9. The van der Waals surface area contributed by atoms with Crippen molar-refractivity contribution in [3.8, 4) is 0 Å². The van der Waals surface area contributed by atoms with Crippen molar-refractivity contribution >= 4 is 35.2 Å². The van der Waals surface area contributed by atoms with Crippen molar-refractivity contribution < 1.29 is 14.3 Å². The van der Waals surface area contributed by atoms with Crippen molar-refractivity contribution in [2.45, 2.75) is 11.3 Å². The second-order valence-corrected chi connectivity index (χ2v) is 6.31. The first-order chi connectivity index (χ1) is 11.7. The molecule has 0 unspecified atom stereocenters. The number of carbonyl (C=O) groups is 2. The molecule has 0 atom stereocenters. The zero-order valence-corrected chi connectivity index (χ0v) is 14.5.